The van der Waals surface area contributed by atoms with E-state index in [2.05, 4.69) is 22.2 Å². The number of rotatable bonds is 0. The summed E-state index contributed by atoms with van der Waals surface area (Å²) < 4.78 is 1.98. The second-order valence-corrected chi connectivity index (χ2v) is 3.13. The topological polar surface area (TPSA) is 42.2 Å². The molecule has 1 atom stereocenters. The summed E-state index contributed by atoms with van der Waals surface area (Å²) in [6.45, 7) is 2.95. The third-order valence-electron chi connectivity index (χ3n) is 2.10. The number of aryl methyl sites for hydroxylation is 1. The summed E-state index contributed by atoms with van der Waals surface area (Å²) in [5.74, 6) is 1.47. The van der Waals surface area contributed by atoms with E-state index in [9.17, 15) is 0 Å². The first-order valence-corrected chi connectivity index (χ1v) is 4.05. The predicted molar refractivity (Wildman–Crippen MR) is 48.6 cm³/mol. The quantitative estimate of drug-likeness (QED) is 0.621. The first-order chi connectivity index (χ1) is 5.79. The Hall–Kier alpha value is -1.32. The highest BCUT2D eigenvalue weighted by Crippen LogP contribution is 2.23. The van der Waals surface area contributed by atoms with Crippen LogP contribution in [0, 0.1) is 0 Å². The monoisotopic (exact) mass is 164 g/mol. The van der Waals surface area contributed by atoms with E-state index in [1.807, 2.05) is 17.9 Å². The minimum atomic E-state index is 0.410. The zero-order valence-electron chi connectivity index (χ0n) is 7.28. The van der Waals surface area contributed by atoms with Crippen molar-refractivity contribution in [2.45, 2.75) is 12.8 Å². The molecule has 0 unspecified atom stereocenters. The summed E-state index contributed by atoms with van der Waals surface area (Å²) in [6.07, 6.45) is 3.57. The van der Waals surface area contributed by atoms with Gasteiger partial charge in [-0.15, -0.1) is 0 Å². The first kappa shape index (κ1) is 7.34. The molecule has 1 aliphatic rings. The van der Waals surface area contributed by atoms with Crippen molar-refractivity contribution in [3.63, 3.8) is 0 Å². The van der Waals surface area contributed by atoms with Gasteiger partial charge in [-0.3, -0.25) is 4.99 Å². The number of hydrogen-bond acceptors (Lipinski definition) is 3. The lowest BCUT2D eigenvalue weighted by atomic mass is 10.1. The number of hydrogen-bond donors (Lipinski definition) is 1. The van der Waals surface area contributed by atoms with Gasteiger partial charge < -0.3 is 9.88 Å². The Bertz CT molecular complexity index is 313. The van der Waals surface area contributed by atoms with Gasteiger partial charge in [0.1, 0.15) is 5.82 Å². The Morgan fingerprint density at radius 3 is 3.33 bits per heavy atom. The minimum absolute atomic E-state index is 0.410. The van der Waals surface area contributed by atoms with Gasteiger partial charge in [0.25, 0.3) is 0 Å². The van der Waals surface area contributed by atoms with Crippen molar-refractivity contribution in [2.24, 2.45) is 12.0 Å². The highest BCUT2D eigenvalue weighted by atomic mass is 15.2. The van der Waals surface area contributed by atoms with Gasteiger partial charge in [0.05, 0.1) is 18.4 Å². The van der Waals surface area contributed by atoms with Crippen LogP contribution in [0.2, 0.25) is 0 Å². The molecule has 2 heterocycles. The minimum Gasteiger partial charge on any atom is -0.331 e. The number of nitrogens with one attached hydrogen (secondary N) is 1. The Kier molecular flexibility index (Phi) is 1.60. The molecule has 0 saturated heterocycles. The molecule has 0 fully saturated rings. The van der Waals surface area contributed by atoms with Crippen LogP contribution in [-0.2, 0) is 7.05 Å². The van der Waals surface area contributed by atoms with Gasteiger partial charge in [0, 0.05) is 19.5 Å². The molecule has 1 N–H and O–H groups in total. The molecule has 0 spiro atoms. The van der Waals surface area contributed by atoms with Crippen molar-refractivity contribution in [3.05, 3.63) is 12.0 Å². The van der Waals surface area contributed by atoms with Gasteiger partial charge in [0.2, 0.25) is 0 Å². The summed E-state index contributed by atoms with van der Waals surface area (Å²) in [5, 5.41) is 3.11. The van der Waals surface area contributed by atoms with E-state index >= 15 is 0 Å². The SMILES string of the molecule is C[C@@H]1CN=CNc2c1ncn2C. The number of aliphatic imine (C=N–C) groups is 1. The number of anilines is 1. The van der Waals surface area contributed by atoms with Crippen LogP contribution in [0.4, 0.5) is 5.82 Å². The fraction of sp³-hybridized carbons (Fsp3) is 0.500. The molecule has 0 bridgehead atoms. The molecule has 12 heavy (non-hydrogen) atoms. The first-order valence-electron chi connectivity index (χ1n) is 4.05. The van der Waals surface area contributed by atoms with Crippen LogP contribution >= 0.6 is 0 Å². The molecule has 1 aromatic heterocycles. The highest BCUT2D eigenvalue weighted by molar-refractivity contribution is 5.76. The van der Waals surface area contributed by atoms with E-state index in [0.29, 0.717) is 5.92 Å². The van der Waals surface area contributed by atoms with Crippen LogP contribution < -0.4 is 5.32 Å². The van der Waals surface area contributed by atoms with E-state index in [1.54, 1.807) is 6.34 Å². The summed E-state index contributed by atoms with van der Waals surface area (Å²) in [4.78, 5) is 8.51. The Morgan fingerprint density at radius 2 is 2.50 bits per heavy atom. The van der Waals surface area contributed by atoms with Crippen LogP contribution in [0.1, 0.15) is 18.5 Å². The van der Waals surface area contributed by atoms with Crippen molar-refractivity contribution in [1.82, 2.24) is 9.55 Å². The number of aromatic nitrogens is 2. The molecule has 64 valence electrons. The van der Waals surface area contributed by atoms with Crippen molar-refractivity contribution >= 4 is 12.2 Å². The average molecular weight is 164 g/mol. The third-order valence-corrected chi connectivity index (χ3v) is 2.10. The molecular weight excluding hydrogens is 152 g/mol. The molecule has 1 aliphatic heterocycles. The van der Waals surface area contributed by atoms with Crippen molar-refractivity contribution in [1.29, 1.82) is 0 Å². The van der Waals surface area contributed by atoms with Crippen LogP contribution in [0.5, 0.6) is 0 Å². The zero-order valence-corrected chi connectivity index (χ0v) is 7.28. The van der Waals surface area contributed by atoms with Crippen LogP contribution in [0.3, 0.4) is 0 Å². The van der Waals surface area contributed by atoms with Crippen molar-refractivity contribution < 1.29 is 0 Å². The lowest BCUT2D eigenvalue weighted by molar-refractivity contribution is 0.761. The van der Waals surface area contributed by atoms with Gasteiger partial charge in [0.15, 0.2) is 0 Å². The smallest absolute Gasteiger partial charge is 0.134 e. The molecule has 0 amide bonds. The molecule has 4 heteroatoms. The fourth-order valence-electron chi connectivity index (χ4n) is 1.39. The highest BCUT2D eigenvalue weighted by Gasteiger charge is 2.16. The standard InChI is InChI=1S/C8H12N4/c1-6-3-9-4-10-8-7(6)11-5-12(8)2/h4-6H,3H2,1-2H3,(H,9,10)/t6-/m1/s1. The normalized spacial score (nSPS) is 21.3. The average Bonchev–Trinajstić information content (AvgIpc) is 2.30. The summed E-state index contributed by atoms with van der Waals surface area (Å²) in [7, 11) is 1.98. The van der Waals surface area contributed by atoms with Gasteiger partial charge in [-0.05, 0) is 0 Å². The summed E-state index contributed by atoms with van der Waals surface area (Å²) in [5.41, 5.74) is 1.11. The van der Waals surface area contributed by atoms with Crippen LogP contribution in [0.25, 0.3) is 0 Å². The van der Waals surface area contributed by atoms with E-state index in [1.165, 1.54) is 0 Å². The predicted octanol–water partition coefficient (Wildman–Crippen LogP) is 0.977. The molecule has 0 radical (unpaired) electrons. The van der Waals surface area contributed by atoms with Crippen molar-refractivity contribution in [2.75, 3.05) is 11.9 Å². The fourth-order valence-corrected chi connectivity index (χ4v) is 1.39. The maximum absolute atomic E-state index is 4.32. The zero-order chi connectivity index (χ0) is 8.55. The Balaban J connectivity index is 2.48. The maximum Gasteiger partial charge on any atom is 0.134 e. The number of nitrogens with zero attached hydrogens (tertiary/aromatic N) is 3. The van der Waals surface area contributed by atoms with E-state index in [4.69, 9.17) is 0 Å². The molecule has 0 saturated carbocycles. The number of imidazole rings is 1. The Morgan fingerprint density at radius 1 is 1.67 bits per heavy atom. The van der Waals surface area contributed by atoms with E-state index in [-0.39, 0.29) is 0 Å². The van der Waals surface area contributed by atoms with E-state index in [0.717, 1.165) is 18.1 Å². The lowest BCUT2D eigenvalue weighted by Gasteiger charge is -2.05. The molecule has 0 aliphatic carbocycles. The second kappa shape index (κ2) is 2.62. The van der Waals surface area contributed by atoms with Gasteiger partial charge in [-0.25, -0.2) is 4.98 Å². The maximum atomic E-state index is 4.32. The van der Waals surface area contributed by atoms with Crippen molar-refractivity contribution in [3.8, 4) is 0 Å². The molecule has 0 aromatic carbocycles. The molecule has 1 aromatic rings. The second-order valence-electron chi connectivity index (χ2n) is 3.13. The number of fused-ring (bicyclic) bond motifs is 1. The molecular formula is C8H12N4. The van der Waals surface area contributed by atoms with Gasteiger partial charge in [-0.2, -0.15) is 0 Å². The summed E-state index contributed by atoms with van der Waals surface area (Å²) >= 11 is 0. The third kappa shape index (κ3) is 0.995. The molecule has 2 rings (SSSR count). The van der Waals surface area contributed by atoms with E-state index < -0.39 is 0 Å². The largest absolute Gasteiger partial charge is 0.331 e. The van der Waals surface area contributed by atoms with Gasteiger partial charge in [-0.1, -0.05) is 6.92 Å². The lowest BCUT2D eigenvalue weighted by Crippen LogP contribution is -2.01. The summed E-state index contributed by atoms with van der Waals surface area (Å²) in [6, 6.07) is 0. The van der Waals surface area contributed by atoms with Crippen LogP contribution in [0.15, 0.2) is 11.3 Å². The van der Waals surface area contributed by atoms with Gasteiger partial charge >= 0.3 is 0 Å². The van der Waals surface area contributed by atoms with Crippen LogP contribution in [-0.4, -0.2) is 22.4 Å². The Labute approximate surface area is 71.3 Å². The molecule has 4 nitrogen and oxygen atoms in total.